The lowest BCUT2D eigenvalue weighted by atomic mass is 9.76. The summed E-state index contributed by atoms with van der Waals surface area (Å²) in [6.07, 6.45) is 19.7. The molecule has 2 aliphatic carbocycles. The summed E-state index contributed by atoms with van der Waals surface area (Å²) in [5, 5.41) is 0. The van der Waals surface area contributed by atoms with Gasteiger partial charge in [-0.05, 0) is 56.3 Å². The number of ether oxygens (including phenoxy) is 1. The van der Waals surface area contributed by atoms with E-state index in [2.05, 4.69) is 6.92 Å². The van der Waals surface area contributed by atoms with E-state index in [0.29, 0.717) is 12.5 Å². The van der Waals surface area contributed by atoms with Crippen LogP contribution in [0.25, 0.3) is 0 Å². The summed E-state index contributed by atoms with van der Waals surface area (Å²) in [4.78, 5) is 0. The minimum absolute atomic E-state index is 0.0667. The van der Waals surface area contributed by atoms with Crippen molar-refractivity contribution < 1.29 is 26.7 Å². The Labute approximate surface area is 224 Å². The van der Waals surface area contributed by atoms with E-state index in [-0.39, 0.29) is 6.42 Å². The maximum Gasteiger partial charge on any atom is 0.453 e. The lowest BCUT2D eigenvalue weighted by molar-refractivity contribution is -0.284. The average molecular weight is 539 g/mol. The first-order valence-electron chi connectivity index (χ1n) is 15.8. The van der Waals surface area contributed by atoms with Gasteiger partial charge in [-0.15, -0.1) is 0 Å². The number of alkyl halides is 5. The smallest absolute Gasteiger partial charge is 0.378 e. The summed E-state index contributed by atoms with van der Waals surface area (Å²) < 4.78 is 68.2. The molecule has 2 rings (SSSR count). The molecule has 0 N–H and O–H groups in total. The number of unbranched alkanes of at least 4 members (excludes halogenated alkanes) is 9. The third-order valence-electron chi connectivity index (χ3n) is 9.11. The van der Waals surface area contributed by atoms with Crippen molar-refractivity contribution in [1.29, 1.82) is 0 Å². The second-order valence-corrected chi connectivity index (χ2v) is 12.3. The van der Waals surface area contributed by atoms with Gasteiger partial charge in [-0.1, -0.05) is 110 Å². The van der Waals surface area contributed by atoms with Crippen LogP contribution in [0.15, 0.2) is 0 Å². The molecule has 2 fully saturated rings. The predicted molar refractivity (Wildman–Crippen MR) is 143 cm³/mol. The maximum absolute atomic E-state index is 12.8. The molecule has 0 atom stereocenters. The van der Waals surface area contributed by atoms with Crippen LogP contribution >= 0.6 is 0 Å². The molecular formula is C31H55F5O. The van der Waals surface area contributed by atoms with Crippen LogP contribution in [0.5, 0.6) is 0 Å². The highest BCUT2D eigenvalue weighted by molar-refractivity contribution is 4.77. The number of halogens is 5. The van der Waals surface area contributed by atoms with Gasteiger partial charge in [0.1, 0.15) is 0 Å². The van der Waals surface area contributed by atoms with Gasteiger partial charge in [0.2, 0.25) is 0 Å². The van der Waals surface area contributed by atoms with Crippen molar-refractivity contribution in [3.63, 3.8) is 0 Å². The molecule has 37 heavy (non-hydrogen) atoms. The minimum Gasteiger partial charge on any atom is -0.378 e. The average Bonchev–Trinajstić information content (AvgIpc) is 2.87. The largest absolute Gasteiger partial charge is 0.453 e. The van der Waals surface area contributed by atoms with Gasteiger partial charge >= 0.3 is 12.1 Å². The molecule has 0 aromatic heterocycles. The van der Waals surface area contributed by atoms with Gasteiger partial charge in [0, 0.05) is 13.0 Å². The molecule has 1 nitrogen and oxygen atoms in total. The molecule has 0 aliphatic heterocycles. The van der Waals surface area contributed by atoms with Gasteiger partial charge < -0.3 is 4.74 Å². The molecule has 0 unspecified atom stereocenters. The first-order chi connectivity index (χ1) is 17.7. The second kappa shape index (κ2) is 18.1. The molecule has 0 heterocycles. The van der Waals surface area contributed by atoms with Crippen LogP contribution in [0, 0.1) is 17.8 Å². The highest BCUT2D eigenvalue weighted by Gasteiger charge is 2.56. The van der Waals surface area contributed by atoms with Crippen LogP contribution in [0.1, 0.15) is 155 Å². The monoisotopic (exact) mass is 538 g/mol. The molecule has 0 bridgehead atoms. The van der Waals surface area contributed by atoms with Crippen LogP contribution in [0.2, 0.25) is 0 Å². The van der Waals surface area contributed by atoms with Crippen molar-refractivity contribution in [2.75, 3.05) is 6.61 Å². The highest BCUT2D eigenvalue weighted by Crippen LogP contribution is 2.39. The fourth-order valence-electron chi connectivity index (χ4n) is 6.45. The van der Waals surface area contributed by atoms with Gasteiger partial charge in [0.05, 0.1) is 6.10 Å². The van der Waals surface area contributed by atoms with Crippen molar-refractivity contribution in [2.45, 2.75) is 173 Å². The Balaban J connectivity index is 1.36. The van der Waals surface area contributed by atoms with Crippen molar-refractivity contribution in [3.05, 3.63) is 0 Å². The van der Waals surface area contributed by atoms with E-state index in [1.165, 1.54) is 89.9 Å². The quantitative estimate of drug-likeness (QED) is 0.117. The number of hydrogen-bond acceptors (Lipinski definition) is 1. The van der Waals surface area contributed by atoms with E-state index >= 15 is 0 Å². The third-order valence-corrected chi connectivity index (χ3v) is 9.11. The van der Waals surface area contributed by atoms with Gasteiger partial charge in [-0.2, -0.15) is 22.0 Å². The Morgan fingerprint density at radius 1 is 0.541 bits per heavy atom. The maximum atomic E-state index is 12.8. The van der Waals surface area contributed by atoms with Gasteiger partial charge in [-0.3, -0.25) is 0 Å². The first-order valence-corrected chi connectivity index (χ1v) is 15.8. The Kier molecular flexibility index (Phi) is 16.0. The lowest BCUT2D eigenvalue weighted by Crippen LogP contribution is -2.36. The summed E-state index contributed by atoms with van der Waals surface area (Å²) in [6, 6.07) is 0. The molecule has 6 heteroatoms. The molecule has 0 amide bonds. The molecule has 0 spiro atoms. The van der Waals surface area contributed by atoms with Gasteiger partial charge in [0.25, 0.3) is 0 Å². The summed E-state index contributed by atoms with van der Waals surface area (Å²) in [5.74, 6) is -1.64. The fraction of sp³-hybridized carbons (Fsp3) is 1.00. The molecule has 0 aromatic rings. The summed E-state index contributed by atoms with van der Waals surface area (Å²) in [6.45, 7) is 3.12. The van der Waals surface area contributed by atoms with Gasteiger partial charge in [0.15, 0.2) is 0 Å². The molecule has 0 radical (unpaired) electrons. The molecule has 0 aromatic carbocycles. The topological polar surface area (TPSA) is 9.23 Å². The third kappa shape index (κ3) is 14.0. The van der Waals surface area contributed by atoms with Crippen molar-refractivity contribution in [1.82, 2.24) is 0 Å². The van der Waals surface area contributed by atoms with Crippen molar-refractivity contribution in [2.24, 2.45) is 17.8 Å². The zero-order valence-corrected chi connectivity index (χ0v) is 23.6. The van der Waals surface area contributed by atoms with E-state index in [9.17, 15) is 22.0 Å². The van der Waals surface area contributed by atoms with E-state index < -0.39 is 18.5 Å². The molecule has 220 valence electrons. The Hall–Kier alpha value is -0.390. The molecule has 0 saturated heterocycles. The summed E-state index contributed by atoms with van der Waals surface area (Å²) in [5.41, 5.74) is 0. The normalized spacial score (nSPS) is 25.5. The Morgan fingerprint density at radius 2 is 1.00 bits per heavy atom. The lowest BCUT2D eigenvalue weighted by Gasteiger charge is -2.32. The highest BCUT2D eigenvalue weighted by atomic mass is 19.4. The van der Waals surface area contributed by atoms with E-state index in [1.54, 1.807) is 0 Å². The second-order valence-electron chi connectivity index (χ2n) is 12.3. The Morgan fingerprint density at radius 3 is 1.51 bits per heavy atom. The van der Waals surface area contributed by atoms with E-state index in [0.717, 1.165) is 62.9 Å². The van der Waals surface area contributed by atoms with Crippen molar-refractivity contribution >= 4 is 0 Å². The van der Waals surface area contributed by atoms with E-state index in [1.807, 2.05) is 0 Å². The van der Waals surface area contributed by atoms with Crippen LogP contribution in [0.4, 0.5) is 22.0 Å². The fourth-order valence-corrected chi connectivity index (χ4v) is 6.45. The standard InChI is InChI=1S/C31H55F5O/c1-2-3-10-13-26-14-16-27(17-15-26)18-19-28-20-22-29(23-21-28)37-25-12-9-7-5-4-6-8-11-24-30(32,33)31(34,35)36/h26-29H,2-25H2,1H3. The van der Waals surface area contributed by atoms with Crippen LogP contribution in [0.3, 0.4) is 0 Å². The molecule has 2 aliphatic rings. The van der Waals surface area contributed by atoms with Crippen LogP contribution in [-0.4, -0.2) is 24.8 Å². The SMILES string of the molecule is CCCCCC1CCC(CCC2CCC(OCCCCCCCCCCC(F)(F)C(F)(F)F)CC2)CC1. The van der Waals surface area contributed by atoms with Crippen LogP contribution in [-0.2, 0) is 4.74 Å². The minimum atomic E-state index is -5.42. The zero-order chi connectivity index (χ0) is 27.0. The number of hydrogen-bond donors (Lipinski definition) is 0. The first kappa shape index (κ1) is 32.8. The number of rotatable bonds is 19. The Bertz CT molecular complexity index is 548. The van der Waals surface area contributed by atoms with Crippen LogP contribution < -0.4 is 0 Å². The molecule has 2 saturated carbocycles. The zero-order valence-electron chi connectivity index (χ0n) is 23.6. The van der Waals surface area contributed by atoms with Gasteiger partial charge in [-0.25, -0.2) is 0 Å². The predicted octanol–water partition coefficient (Wildman–Crippen LogP) is 11.4. The summed E-state index contributed by atoms with van der Waals surface area (Å²) >= 11 is 0. The molecular weight excluding hydrogens is 483 g/mol. The summed E-state index contributed by atoms with van der Waals surface area (Å²) in [7, 11) is 0. The van der Waals surface area contributed by atoms with E-state index in [4.69, 9.17) is 4.74 Å². The van der Waals surface area contributed by atoms with Crippen molar-refractivity contribution in [3.8, 4) is 0 Å².